The molecule has 1 heterocycles. The Bertz CT molecular complexity index is 583. The maximum absolute atomic E-state index is 11.6. The Morgan fingerprint density at radius 1 is 1.47 bits per heavy atom. The zero-order valence-corrected chi connectivity index (χ0v) is 9.74. The summed E-state index contributed by atoms with van der Waals surface area (Å²) in [5.41, 5.74) is 0.531. The smallest absolute Gasteiger partial charge is 0.269 e. The van der Waals surface area contributed by atoms with Gasteiger partial charge in [0.25, 0.3) is 5.69 Å². The minimum atomic E-state index is -0.499. The van der Waals surface area contributed by atoms with E-state index in [9.17, 15) is 14.9 Å². The van der Waals surface area contributed by atoms with E-state index in [1.165, 1.54) is 12.1 Å². The van der Waals surface area contributed by atoms with Crippen molar-refractivity contribution in [3.8, 4) is 0 Å². The number of nitrogens with zero attached hydrogens (tertiary/aromatic N) is 4. The Hall–Kier alpha value is -2.84. The lowest BCUT2D eigenvalue weighted by molar-refractivity contribution is -0.384. The van der Waals surface area contributed by atoms with Gasteiger partial charge in [-0.2, -0.15) is 5.21 Å². The molecular weight excluding hydrogens is 252 g/mol. The van der Waals surface area contributed by atoms with E-state index in [4.69, 9.17) is 0 Å². The van der Waals surface area contributed by atoms with Crippen LogP contribution in [0.5, 0.6) is 0 Å². The van der Waals surface area contributed by atoms with Crippen molar-refractivity contribution in [3.63, 3.8) is 0 Å². The maximum atomic E-state index is 11.6. The van der Waals surface area contributed by atoms with Gasteiger partial charge in [-0.3, -0.25) is 14.9 Å². The molecule has 19 heavy (non-hydrogen) atoms. The number of hydrogen-bond acceptors (Lipinski definition) is 6. The van der Waals surface area contributed by atoms with E-state index in [2.05, 4.69) is 25.9 Å². The number of aromatic amines is 1. The predicted octanol–water partition coefficient (Wildman–Crippen LogP) is -0.0332. The fourth-order valence-corrected chi connectivity index (χ4v) is 1.46. The fraction of sp³-hybridized carbons (Fsp3) is 0.200. The first-order chi connectivity index (χ1) is 9.15. The third kappa shape index (κ3) is 3.56. The number of nitro benzene ring substituents is 1. The summed E-state index contributed by atoms with van der Waals surface area (Å²) in [4.78, 5) is 21.7. The molecule has 0 bridgehead atoms. The Labute approximate surface area is 107 Å². The number of rotatable bonds is 5. The molecule has 0 fully saturated rings. The lowest BCUT2D eigenvalue weighted by atomic mass is 10.1. The van der Waals surface area contributed by atoms with Gasteiger partial charge in [-0.1, -0.05) is 17.3 Å². The second-order valence-electron chi connectivity index (χ2n) is 3.71. The molecule has 0 saturated heterocycles. The van der Waals surface area contributed by atoms with Gasteiger partial charge >= 0.3 is 0 Å². The molecule has 0 atom stereocenters. The summed E-state index contributed by atoms with van der Waals surface area (Å²) >= 11 is 0. The fourth-order valence-electron chi connectivity index (χ4n) is 1.46. The van der Waals surface area contributed by atoms with E-state index in [0.29, 0.717) is 11.4 Å². The minimum Gasteiger partial charge on any atom is -0.348 e. The monoisotopic (exact) mass is 262 g/mol. The Morgan fingerprint density at radius 3 is 3.00 bits per heavy atom. The van der Waals surface area contributed by atoms with Gasteiger partial charge in [0.2, 0.25) is 5.91 Å². The Balaban J connectivity index is 1.91. The van der Waals surface area contributed by atoms with Crippen LogP contribution in [0.15, 0.2) is 24.3 Å². The molecule has 2 rings (SSSR count). The molecule has 9 nitrogen and oxygen atoms in total. The highest BCUT2D eigenvalue weighted by Crippen LogP contribution is 2.13. The highest BCUT2D eigenvalue weighted by Gasteiger charge is 2.09. The van der Waals surface area contributed by atoms with Crippen LogP contribution in [0.4, 0.5) is 5.69 Å². The number of H-pyrrole nitrogens is 1. The highest BCUT2D eigenvalue weighted by atomic mass is 16.6. The first-order valence-electron chi connectivity index (χ1n) is 5.37. The molecule has 0 aliphatic heterocycles. The molecule has 0 aliphatic carbocycles. The number of carbonyl (C=O) groups is 1. The van der Waals surface area contributed by atoms with Gasteiger partial charge in [0.1, 0.15) is 0 Å². The summed E-state index contributed by atoms with van der Waals surface area (Å²) in [7, 11) is 0. The molecule has 0 unspecified atom stereocenters. The molecule has 0 spiro atoms. The lowest BCUT2D eigenvalue weighted by Crippen LogP contribution is -2.25. The average molecular weight is 262 g/mol. The zero-order valence-electron chi connectivity index (χ0n) is 9.74. The quantitative estimate of drug-likeness (QED) is 0.575. The summed E-state index contributed by atoms with van der Waals surface area (Å²) in [5, 5.41) is 26.2. The molecule has 1 aromatic heterocycles. The third-order valence-electron chi connectivity index (χ3n) is 2.32. The van der Waals surface area contributed by atoms with Crippen LogP contribution in [-0.4, -0.2) is 31.5 Å². The molecule has 2 N–H and O–H groups in total. The van der Waals surface area contributed by atoms with Crippen LogP contribution < -0.4 is 5.32 Å². The highest BCUT2D eigenvalue weighted by molar-refractivity contribution is 5.78. The largest absolute Gasteiger partial charge is 0.348 e. The number of amides is 1. The van der Waals surface area contributed by atoms with Gasteiger partial charge in [-0.15, -0.1) is 10.2 Å². The van der Waals surface area contributed by atoms with Crippen molar-refractivity contribution in [1.82, 2.24) is 25.9 Å². The SMILES string of the molecule is O=C(Cc1cccc([N+](=O)[O-])c1)NCc1nn[nH]n1. The number of non-ortho nitro benzene ring substituents is 1. The van der Waals surface area contributed by atoms with Gasteiger partial charge in [0.15, 0.2) is 5.82 Å². The van der Waals surface area contributed by atoms with Crippen molar-refractivity contribution in [2.75, 3.05) is 0 Å². The average Bonchev–Trinajstić information content (AvgIpc) is 2.90. The molecule has 2 aromatic rings. The molecule has 9 heteroatoms. The predicted molar refractivity (Wildman–Crippen MR) is 62.8 cm³/mol. The molecule has 0 aliphatic rings. The Kier molecular flexibility index (Phi) is 3.76. The number of tetrazole rings is 1. The maximum Gasteiger partial charge on any atom is 0.269 e. The van der Waals surface area contributed by atoms with E-state index >= 15 is 0 Å². The molecule has 1 amide bonds. The molecule has 1 aromatic carbocycles. The molecule has 0 radical (unpaired) electrons. The summed E-state index contributed by atoms with van der Waals surface area (Å²) in [5.74, 6) is 0.0951. The van der Waals surface area contributed by atoms with Crippen LogP contribution in [0.3, 0.4) is 0 Å². The minimum absolute atomic E-state index is 0.0385. The standard InChI is InChI=1S/C10H10N6O3/c17-10(11-6-9-12-14-15-13-9)5-7-2-1-3-8(4-7)16(18)19/h1-4H,5-6H2,(H,11,17)(H,12,13,14,15). The van der Waals surface area contributed by atoms with Crippen LogP contribution in [0.25, 0.3) is 0 Å². The van der Waals surface area contributed by atoms with Crippen molar-refractivity contribution < 1.29 is 9.72 Å². The van der Waals surface area contributed by atoms with Gasteiger partial charge in [0.05, 0.1) is 17.9 Å². The second kappa shape index (κ2) is 5.67. The lowest BCUT2D eigenvalue weighted by Gasteiger charge is -2.02. The number of carbonyl (C=O) groups excluding carboxylic acids is 1. The third-order valence-corrected chi connectivity index (χ3v) is 2.32. The van der Waals surface area contributed by atoms with E-state index in [1.807, 2.05) is 0 Å². The Morgan fingerprint density at radius 2 is 2.32 bits per heavy atom. The van der Waals surface area contributed by atoms with Gasteiger partial charge in [-0.25, -0.2) is 0 Å². The van der Waals surface area contributed by atoms with Crippen LogP contribution in [-0.2, 0) is 17.8 Å². The summed E-state index contributed by atoms with van der Waals surface area (Å²) in [6, 6.07) is 5.94. The van der Waals surface area contributed by atoms with Crippen LogP contribution in [0.1, 0.15) is 11.4 Å². The first-order valence-corrected chi connectivity index (χ1v) is 5.37. The summed E-state index contributed by atoms with van der Waals surface area (Å²) in [6.45, 7) is 0.157. The zero-order chi connectivity index (χ0) is 13.7. The molecular formula is C10H10N6O3. The van der Waals surface area contributed by atoms with Crippen molar-refractivity contribution in [2.24, 2.45) is 0 Å². The van der Waals surface area contributed by atoms with Crippen molar-refractivity contribution in [1.29, 1.82) is 0 Å². The number of nitrogens with one attached hydrogen (secondary N) is 2. The number of nitro groups is 1. The van der Waals surface area contributed by atoms with Crippen LogP contribution >= 0.6 is 0 Å². The van der Waals surface area contributed by atoms with E-state index in [1.54, 1.807) is 12.1 Å². The number of aromatic nitrogens is 4. The normalized spacial score (nSPS) is 10.1. The number of benzene rings is 1. The van der Waals surface area contributed by atoms with Crippen LogP contribution in [0, 0.1) is 10.1 Å². The van der Waals surface area contributed by atoms with Crippen molar-refractivity contribution >= 4 is 11.6 Å². The number of hydrogen-bond donors (Lipinski definition) is 2. The summed E-state index contributed by atoms with van der Waals surface area (Å²) in [6.07, 6.45) is 0.0551. The van der Waals surface area contributed by atoms with E-state index < -0.39 is 4.92 Å². The second-order valence-corrected chi connectivity index (χ2v) is 3.71. The van der Waals surface area contributed by atoms with Gasteiger partial charge in [0, 0.05) is 12.1 Å². The van der Waals surface area contributed by atoms with Gasteiger partial charge < -0.3 is 5.32 Å². The summed E-state index contributed by atoms with van der Waals surface area (Å²) < 4.78 is 0. The van der Waals surface area contributed by atoms with Crippen molar-refractivity contribution in [2.45, 2.75) is 13.0 Å². The van der Waals surface area contributed by atoms with Gasteiger partial charge in [-0.05, 0) is 5.56 Å². The van der Waals surface area contributed by atoms with E-state index in [-0.39, 0.29) is 24.6 Å². The molecule has 0 saturated carbocycles. The van der Waals surface area contributed by atoms with E-state index in [0.717, 1.165) is 0 Å². The molecule has 98 valence electrons. The topological polar surface area (TPSA) is 127 Å². The first kappa shape index (κ1) is 12.6. The van der Waals surface area contributed by atoms with Crippen molar-refractivity contribution in [3.05, 3.63) is 45.8 Å². The van der Waals surface area contributed by atoms with Crippen LogP contribution in [0.2, 0.25) is 0 Å².